The van der Waals surface area contributed by atoms with Crippen molar-refractivity contribution in [3.63, 3.8) is 0 Å². The predicted molar refractivity (Wildman–Crippen MR) is 103 cm³/mol. The van der Waals surface area contributed by atoms with Crippen LogP contribution in [-0.2, 0) is 16.1 Å². The molecular weight excluding hydrogens is 346 g/mol. The van der Waals surface area contributed by atoms with Crippen LogP contribution < -0.4 is 10.6 Å². The summed E-state index contributed by atoms with van der Waals surface area (Å²) in [4.78, 5) is 28.6. The minimum Gasteiger partial charge on any atom is -0.353 e. The standard InChI is InChI=1S/C20H23N3O2S/c24-19-12-17(16-5-1-2-6-18(16)22-19)20(25)21-14-7-9-23(10-8-14)13-15-4-3-11-26-15/h1-6,11,14,17H,7-10,12-13H2,(H,21,25)(H,22,24). The molecule has 136 valence electrons. The molecule has 0 bridgehead atoms. The van der Waals surface area contributed by atoms with Gasteiger partial charge in [0.2, 0.25) is 11.8 Å². The van der Waals surface area contributed by atoms with Crippen LogP contribution in [0.25, 0.3) is 0 Å². The van der Waals surface area contributed by atoms with Gasteiger partial charge in [0.05, 0.1) is 5.92 Å². The number of hydrogen-bond acceptors (Lipinski definition) is 4. The van der Waals surface area contributed by atoms with Crippen LogP contribution in [0, 0.1) is 0 Å². The van der Waals surface area contributed by atoms with E-state index in [9.17, 15) is 9.59 Å². The Balaban J connectivity index is 1.34. The molecule has 1 fully saturated rings. The molecule has 2 amide bonds. The van der Waals surface area contributed by atoms with Gasteiger partial charge in [-0.3, -0.25) is 14.5 Å². The smallest absolute Gasteiger partial charge is 0.228 e. The second kappa shape index (κ2) is 7.60. The van der Waals surface area contributed by atoms with Crippen molar-refractivity contribution in [3.05, 3.63) is 52.2 Å². The van der Waals surface area contributed by atoms with Crippen LogP contribution in [0.1, 0.15) is 35.6 Å². The number of para-hydroxylation sites is 1. The number of hydrogen-bond donors (Lipinski definition) is 2. The monoisotopic (exact) mass is 369 g/mol. The number of benzene rings is 1. The average molecular weight is 369 g/mol. The molecule has 0 aliphatic carbocycles. The molecule has 2 aliphatic heterocycles. The van der Waals surface area contributed by atoms with Crippen LogP contribution in [0.15, 0.2) is 41.8 Å². The van der Waals surface area contributed by atoms with Crippen molar-refractivity contribution >= 4 is 28.8 Å². The predicted octanol–water partition coefficient (Wildman–Crippen LogP) is 2.95. The SMILES string of the molecule is O=C1CC(C(=O)NC2CCN(Cc3cccs3)CC2)c2ccccc2N1. The number of fused-ring (bicyclic) bond motifs is 1. The first kappa shape index (κ1) is 17.2. The first-order valence-corrected chi connectivity index (χ1v) is 10.0. The highest BCUT2D eigenvalue weighted by atomic mass is 32.1. The largest absolute Gasteiger partial charge is 0.353 e. The van der Waals surface area contributed by atoms with Crippen molar-refractivity contribution in [2.45, 2.75) is 37.8 Å². The lowest BCUT2D eigenvalue weighted by molar-refractivity contribution is -0.127. The van der Waals surface area contributed by atoms with E-state index in [1.165, 1.54) is 4.88 Å². The topological polar surface area (TPSA) is 61.4 Å². The molecule has 0 saturated carbocycles. The summed E-state index contributed by atoms with van der Waals surface area (Å²) in [6.45, 7) is 2.98. The van der Waals surface area contributed by atoms with E-state index in [4.69, 9.17) is 0 Å². The number of rotatable bonds is 4. The summed E-state index contributed by atoms with van der Waals surface area (Å²) in [6, 6.07) is 12.0. The normalized spacial score (nSPS) is 21.1. The van der Waals surface area contributed by atoms with Gasteiger partial charge in [-0.15, -0.1) is 11.3 Å². The maximum absolute atomic E-state index is 12.8. The molecule has 1 saturated heterocycles. The third-order valence-electron chi connectivity index (χ3n) is 5.21. The summed E-state index contributed by atoms with van der Waals surface area (Å²) < 4.78 is 0. The van der Waals surface area contributed by atoms with Crippen molar-refractivity contribution in [2.75, 3.05) is 18.4 Å². The fourth-order valence-corrected chi connectivity index (χ4v) is 4.55. The number of carbonyl (C=O) groups excluding carboxylic acids is 2. The lowest BCUT2D eigenvalue weighted by Crippen LogP contribution is -2.46. The lowest BCUT2D eigenvalue weighted by atomic mass is 9.89. The molecular formula is C20H23N3O2S. The summed E-state index contributed by atoms with van der Waals surface area (Å²) >= 11 is 1.79. The quantitative estimate of drug-likeness (QED) is 0.871. The van der Waals surface area contributed by atoms with Crippen LogP contribution in [0.4, 0.5) is 5.69 Å². The zero-order chi connectivity index (χ0) is 17.9. The van der Waals surface area contributed by atoms with Gasteiger partial charge in [0.1, 0.15) is 0 Å². The second-order valence-corrected chi connectivity index (χ2v) is 8.06. The Kier molecular flexibility index (Phi) is 5.04. The molecule has 3 heterocycles. The molecule has 2 aliphatic rings. The van der Waals surface area contributed by atoms with E-state index in [0.717, 1.165) is 43.7 Å². The highest BCUT2D eigenvalue weighted by molar-refractivity contribution is 7.09. The van der Waals surface area contributed by atoms with Crippen molar-refractivity contribution < 1.29 is 9.59 Å². The molecule has 0 radical (unpaired) electrons. The molecule has 1 unspecified atom stereocenters. The minimum absolute atomic E-state index is 0.0241. The van der Waals surface area contributed by atoms with Gasteiger partial charge in [-0.2, -0.15) is 0 Å². The van der Waals surface area contributed by atoms with Crippen LogP contribution in [-0.4, -0.2) is 35.8 Å². The Hall–Kier alpha value is -2.18. The van der Waals surface area contributed by atoms with Crippen LogP contribution in [0.5, 0.6) is 0 Å². The molecule has 26 heavy (non-hydrogen) atoms. The molecule has 2 N–H and O–H groups in total. The number of piperidine rings is 1. The molecule has 1 aromatic carbocycles. The van der Waals surface area contributed by atoms with E-state index in [2.05, 4.69) is 33.0 Å². The lowest BCUT2D eigenvalue weighted by Gasteiger charge is -2.33. The van der Waals surface area contributed by atoms with Crippen LogP contribution in [0.2, 0.25) is 0 Å². The number of carbonyl (C=O) groups is 2. The minimum atomic E-state index is -0.385. The number of nitrogens with one attached hydrogen (secondary N) is 2. The average Bonchev–Trinajstić information content (AvgIpc) is 3.15. The summed E-state index contributed by atoms with van der Waals surface area (Å²) in [7, 11) is 0. The van der Waals surface area contributed by atoms with Gasteiger partial charge >= 0.3 is 0 Å². The molecule has 1 aromatic heterocycles. The highest BCUT2D eigenvalue weighted by Crippen LogP contribution is 2.32. The van der Waals surface area contributed by atoms with E-state index < -0.39 is 0 Å². The zero-order valence-electron chi connectivity index (χ0n) is 14.6. The fourth-order valence-electron chi connectivity index (χ4n) is 3.81. The van der Waals surface area contributed by atoms with E-state index >= 15 is 0 Å². The van der Waals surface area contributed by atoms with E-state index in [1.807, 2.05) is 24.3 Å². The summed E-state index contributed by atoms with van der Waals surface area (Å²) in [5, 5.41) is 8.15. The van der Waals surface area contributed by atoms with Crippen molar-refractivity contribution in [1.82, 2.24) is 10.2 Å². The van der Waals surface area contributed by atoms with E-state index in [-0.39, 0.29) is 30.2 Å². The Morgan fingerprint density at radius 1 is 1.19 bits per heavy atom. The van der Waals surface area contributed by atoms with E-state index in [1.54, 1.807) is 11.3 Å². The van der Waals surface area contributed by atoms with E-state index in [0.29, 0.717) is 0 Å². The van der Waals surface area contributed by atoms with Gasteiger partial charge in [0.15, 0.2) is 0 Å². The highest BCUT2D eigenvalue weighted by Gasteiger charge is 2.32. The van der Waals surface area contributed by atoms with Gasteiger partial charge in [-0.25, -0.2) is 0 Å². The molecule has 4 rings (SSSR count). The van der Waals surface area contributed by atoms with Gasteiger partial charge in [-0.05, 0) is 35.9 Å². The number of nitrogens with zero attached hydrogens (tertiary/aromatic N) is 1. The summed E-state index contributed by atoms with van der Waals surface area (Å²) in [6.07, 6.45) is 2.13. The van der Waals surface area contributed by atoms with Gasteiger partial charge in [0.25, 0.3) is 0 Å². The van der Waals surface area contributed by atoms with Gasteiger partial charge in [-0.1, -0.05) is 24.3 Å². The second-order valence-electron chi connectivity index (χ2n) is 7.03. The first-order valence-electron chi connectivity index (χ1n) is 9.13. The van der Waals surface area contributed by atoms with Gasteiger partial charge < -0.3 is 10.6 Å². The third kappa shape index (κ3) is 3.81. The zero-order valence-corrected chi connectivity index (χ0v) is 15.4. The molecule has 5 nitrogen and oxygen atoms in total. The molecule has 2 aromatic rings. The maximum Gasteiger partial charge on any atom is 0.228 e. The Labute approximate surface area is 157 Å². The van der Waals surface area contributed by atoms with Gasteiger partial charge in [0, 0.05) is 42.7 Å². The number of thiophene rings is 1. The van der Waals surface area contributed by atoms with Crippen molar-refractivity contribution in [2.24, 2.45) is 0 Å². The summed E-state index contributed by atoms with van der Waals surface area (Å²) in [5.41, 5.74) is 1.68. The third-order valence-corrected chi connectivity index (χ3v) is 6.07. The Bertz CT molecular complexity index is 782. The Morgan fingerprint density at radius 2 is 2.00 bits per heavy atom. The van der Waals surface area contributed by atoms with Crippen molar-refractivity contribution in [1.29, 1.82) is 0 Å². The molecule has 1 atom stereocenters. The summed E-state index contributed by atoms with van der Waals surface area (Å²) in [5.74, 6) is -0.497. The van der Waals surface area contributed by atoms with Crippen LogP contribution in [0.3, 0.4) is 0 Å². The number of anilines is 1. The molecule has 6 heteroatoms. The first-order chi connectivity index (χ1) is 12.7. The fraction of sp³-hybridized carbons (Fsp3) is 0.400. The Morgan fingerprint density at radius 3 is 2.77 bits per heavy atom. The van der Waals surface area contributed by atoms with Crippen molar-refractivity contribution in [3.8, 4) is 0 Å². The molecule has 0 spiro atoms. The van der Waals surface area contributed by atoms with Crippen LogP contribution >= 0.6 is 11.3 Å². The number of likely N-dealkylation sites (tertiary alicyclic amines) is 1. The number of amides is 2. The maximum atomic E-state index is 12.8.